The van der Waals surface area contributed by atoms with Crippen molar-refractivity contribution in [1.29, 1.82) is 5.26 Å². The maximum atomic E-state index is 12.1. The average Bonchev–Trinajstić information content (AvgIpc) is 3.25. The number of nitrogens with zero attached hydrogens (tertiary/aromatic N) is 1. The van der Waals surface area contributed by atoms with Crippen molar-refractivity contribution in [2.75, 3.05) is 0 Å². The number of benzene rings is 2. The molecule has 1 heterocycles. The smallest absolute Gasteiger partial charge is 0.343 e. The van der Waals surface area contributed by atoms with Gasteiger partial charge in [0, 0.05) is 5.02 Å². The van der Waals surface area contributed by atoms with Crippen molar-refractivity contribution in [2.24, 2.45) is 0 Å². The van der Waals surface area contributed by atoms with Gasteiger partial charge in [-0.1, -0.05) is 23.7 Å². The van der Waals surface area contributed by atoms with Gasteiger partial charge in [0.15, 0.2) is 0 Å². The third-order valence-electron chi connectivity index (χ3n) is 3.85. The summed E-state index contributed by atoms with van der Waals surface area (Å²) < 4.78 is 10.4. The fourth-order valence-electron chi connectivity index (χ4n) is 2.38. The Hall–Kier alpha value is -3.82. The summed E-state index contributed by atoms with van der Waals surface area (Å²) in [5.74, 6) is -0.104. The summed E-state index contributed by atoms with van der Waals surface area (Å²) in [6.07, 6.45) is 2.95. The molecule has 0 bridgehead atoms. The van der Waals surface area contributed by atoms with Gasteiger partial charge < -0.3 is 14.5 Å². The number of esters is 1. The van der Waals surface area contributed by atoms with E-state index in [0.717, 1.165) is 0 Å². The molecule has 29 heavy (non-hydrogen) atoms. The first kappa shape index (κ1) is 19.9. The first-order chi connectivity index (χ1) is 14.0. The largest absolute Gasteiger partial charge is 0.467 e. The second kappa shape index (κ2) is 9.40. The number of nitrogens with one attached hydrogen (secondary N) is 1. The van der Waals surface area contributed by atoms with Crippen molar-refractivity contribution < 1.29 is 18.7 Å². The van der Waals surface area contributed by atoms with Crippen LogP contribution in [-0.2, 0) is 11.3 Å². The molecule has 3 rings (SSSR count). The van der Waals surface area contributed by atoms with Crippen molar-refractivity contribution in [3.05, 3.63) is 94.4 Å². The number of nitriles is 1. The Balaban J connectivity index is 1.63. The van der Waals surface area contributed by atoms with E-state index < -0.39 is 11.9 Å². The van der Waals surface area contributed by atoms with Gasteiger partial charge >= 0.3 is 5.97 Å². The lowest BCUT2D eigenvalue weighted by molar-refractivity contribution is -0.117. The van der Waals surface area contributed by atoms with Crippen LogP contribution in [0.15, 0.2) is 76.9 Å². The lowest BCUT2D eigenvalue weighted by Gasteiger charge is -2.05. The third kappa shape index (κ3) is 5.58. The number of amides is 1. The number of hydrogen-bond acceptors (Lipinski definition) is 5. The molecule has 3 aromatic rings. The van der Waals surface area contributed by atoms with Gasteiger partial charge in [-0.2, -0.15) is 5.26 Å². The quantitative estimate of drug-likeness (QED) is 0.284. The van der Waals surface area contributed by atoms with Gasteiger partial charge in [-0.15, -0.1) is 0 Å². The van der Waals surface area contributed by atoms with Crippen LogP contribution in [0.2, 0.25) is 5.02 Å². The maximum absolute atomic E-state index is 12.1. The first-order valence-corrected chi connectivity index (χ1v) is 8.93. The van der Waals surface area contributed by atoms with Gasteiger partial charge in [0.05, 0.1) is 18.4 Å². The Labute approximate surface area is 172 Å². The number of ether oxygens (including phenoxy) is 1. The minimum Gasteiger partial charge on any atom is -0.467 e. The molecule has 0 aliphatic heterocycles. The predicted molar refractivity (Wildman–Crippen MR) is 107 cm³/mol. The normalized spacial score (nSPS) is 10.8. The predicted octanol–water partition coefficient (Wildman–Crippen LogP) is 4.38. The monoisotopic (exact) mass is 406 g/mol. The average molecular weight is 407 g/mol. The Kier molecular flexibility index (Phi) is 6.46. The molecule has 0 spiro atoms. The molecule has 144 valence electrons. The van der Waals surface area contributed by atoms with Gasteiger partial charge in [0.1, 0.15) is 23.2 Å². The van der Waals surface area contributed by atoms with Crippen LogP contribution >= 0.6 is 11.6 Å². The van der Waals surface area contributed by atoms with Crippen molar-refractivity contribution in [2.45, 2.75) is 6.54 Å². The minimum absolute atomic E-state index is 0.0533. The number of carbonyl (C=O) groups excluding carboxylic acids is 2. The topological polar surface area (TPSA) is 92.3 Å². The van der Waals surface area contributed by atoms with Crippen LogP contribution in [-0.4, -0.2) is 11.9 Å². The van der Waals surface area contributed by atoms with Crippen molar-refractivity contribution in [1.82, 2.24) is 5.32 Å². The molecular formula is C22H15ClN2O4. The Morgan fingerprint density at radius 3 is 2.45 bits per heavy atom. The molecule has 0 unspecified atom stereocenters. The highest BCUT2D eigenvalue weighted by Gasteiger charge is 2.11. The van der Waals surface area contributed by atoms with E-state index in [4.69, 9.17) is 20.8 Å². The Bertz CT molecular complexity index is 1060. The van der Waals surface area contributed by atoms with Crippen LogP contribution in [0.1, 0.15) is 21.7 Å². The Morgan fingerprint density at radius 1 is 1.10 bits per heavy atom. The van der Waals surface area contributed by atoms with Gasteiger partial charge in [0.2, 0.25) is 0 Å². The summed E-state index contributed by atoms with van der Waals surface area (Å²) in [5.41, 5.74) is 0.932. The third-order valence-corrected chi connectivity index (χ3v) is 4.10. The molecule has 0 atom stereocenters. The first-order valence-electron chi connectivity index (χ1n) is 8.55. The number of rotatable bonds is 6. The highest BCUT2D eigenvalue weighted by molar-refractivity contribution is 6.30. The Morgan fingerprint density at radius 2 is 1.83 bits per heavy atom. The molecule has 0 fully saturated rings. The number of hydrogen-bond donors (Lipinski definition) is 1. The zero-order valence-electron chi connectivity index (χ0n) is 15.1. The summed E-state index contributed by atoms with van der Waals surface area (Å²) in [6, 6.07) is 18.1. The standard InChI is InChI=1S/C22H15ClN2O4/c23-18-7-5-16(6-8-18)22(27)29-19-9-3-15(4-10-19)12-17(13-24)21(26)25-14-20-2-1-11-28-20/h1-12H,14H2,(H,25,26)/b17-12+. The highest BCUT2D eigenvalue weighted by Crippen LogP contribution is 2.17. The van der Waals surface area contributed by atoms with Gasteiger partial charge in [-0.25, -0.2) is 4.79 Å². The fraction of sp³-hybridized carbons (Fsp3) is 0.0455. The van der Waals surface area contributed by atoms with Crippen LogP contribution in [0, 0.1) is 11.3 Å². The second-order valence-electron chi connectivity index (χ2n) is 5.90. The highest BCUT2D eigenvalue weighted by atomic mass is 35.5. The zero-order chi connectivity index (χ0) is 20.6. The number of furan rings is 1. The summed E-state index contributed by atoms with van der Waals surface area (Å²) in [7, 11) is 0. The molecule has 6 nitrogen and oxygen atoms in total. The van der Waals surface area contributed by atoms with E-state index in [1.807, 2.05) is 6.07 Å². The molecule has 1 aromatic heterocycles. The summed E-state index contributed by atoms with van der Waals surface area (Å²) in [6.45, 7) is 0.185. The molecule has 1 N–H and O–H groups in total. The van der Waals surface area contributed by atoms with Gasteiger partial charge in [-0.3, -0.25) is 4.79 Å². The number of carbonyl (C=O) groups is 2. The number of halogens is 1. The maximum Gasteiger partial charge on any atom is 0.343 e. The van der Waals surface area contributed by atoms with E-state index in [1.54, 1.807) is 60.7 Å². The lowest BCUT2D eigenvalue weighted by atomic mass is 10.1. The van der Waals surface area contributed by atoms with Gasteiger partial charge in [-0.05, 0) is 60.2 Å². The summed E-state index contributed by atoms with van der Waals surface area (Å²) in [5, 5.41) is 12.4. The van der Waals surface area contributed by atoms with E-state index in [2.05, 4.69) is 5.32 Å². The molecule has 0 aliphatic carbocycles. The molecule has 2 aromatic carbocycles. The van der Waals surface area contributed by atoms with Crippen molar-refractivity contribution in [3.63, 3.8) is 0 Å². The fourth-order valence-corrected chi connectivity index (χ4v) is 2.50. The molecule has 0 aliphatic rings. The van der Waals surface area contributed by atoms with Gasteiger partial charge in [0.25, 0.3) is 5.91 Å². The summed E-state index contributed by atoms with van der Waals surface area (Å²) >= 11 is 5.80. The van der Waals surface area contributed by atoms with E-state index in [9.17, 15) is 14.9 Å². The molecule has 0 saturated heterocycles. The van der Waals surface area contributed by atoms with E-state index in [-0.39, 0.29) is 12.1 Å². The summed E-state index contributed by atoms with van der Waals surface area (Å²) in [4.78, 5) is 24.3. The van der Waals surface area contributed by atoms with Crippen LogP contribution < -0.4 is 10.1 Å². The molecule has 0 radical (unpaired) electrons. The van der Waals surface area contributed by atoms with Crippen molar-refractivity contribution >= 4 is 29.6 Å². The van der Waals surface area contributed by atoms with E-state index in [0.29, 0.717) is 27.7 Å². The van der Waals surface area contributed by atoms with Crippen molar-refractivity contribution in [3.8, 4) is 11.8 Å². The van der Waals surface area contributed by atoms with Crippen LogP contribution in [0.25, 0.3) is 6.08 Å². The van der Waals surface area contributed by atoms with Crippen LogP contribution in [0.4, 0.5) is 0 Å². The minimum atomic E-state index is -0.514. The van der Waals surface area contributed by atoms with E-state index >= 15 is 0 Å². The SMILES string of the molecule is N#C/C(=C\c1ccc(OC(=O)c2ccc(Cl)cc2)cc1)C(=O)NCc1ccco1. The van der Waals surface area contributed by atoms with Crippen LogP contribution in [0.5, 0.6) is 5.75 Å². The molecule has 0 saturated carbocycles. The molecule has 1 amide bonds. The van der Waals surface area contributed by atoms with E-state index in [1.165, 1.54) is 12.3 Å². The van der Waals surface area contributed by atoms with Crippen LogP contribution in [0.3, 0.4) is 0 Å². The molecular weight excluding hydrogens is 392 g/mol. The lowest BCUT2D eigenvalue weighted by Crippen LogP contribution is -2.23. The molecule has 7 heteroatoms. The second-order valence-corrected chi connectivity index (χ2v) is 6.33. The zero-order valence-corrected chi connectivity index (χ0v) is 15.8.